The maximum absolute atomic E-state index is 8.68. The molecule has 2 nitrogen and oxygen atoms in total. The maximum atomic E-state index is 8.68. The molecule has 1 unspecified atom stereocenters. The monoisotopic (exact) mass is 199 g/mol. The molecule has 0 bridgehead atoms. The highest BCUT2D eigenvalue weighted by Gasteiger charge is 2.30. The maximum Gasteiger partial charge on any atom is 0.184 e. The first-order chi connectivity index (χ1) is 5.67. The van der Waals surface area contributed by atoms with Crippen LogP contribution in [0.3, 0.4) is 0 Å². The summed E-state index contributed by atoms with van der Waals surface area (Å²) in [5.41, 5.74) is 0.0655. The van der Waals surface area contributed by atoms with Crippen molar-refractivity contribution < 1.29 is 4.43 Å². The molecule has 3 heteroatoms. The molecule has 0 fully saturated rings. The minimum Gasteiger partial charge on any atom is -0.413 e. The van der Waals surface area contributed by atoms with Crippen LogP contribution in [0.5, 0.6) is 0 Å². The van der Waals surface area contributed by atoms with Crippen LogP contribution in [0, 0.1) is 16.7 Å². The summed E-state index contributed by atoms with van der Waals surface area (Å²) >= 11 is 0. The average Bonchev–Trinajstić information content (AvgIpc) is 1.81. The zero-order chi connectivity index (χ0) is 10.7. The van der Waals surface area contributed by atoms with Crippen LogP contribution < -0.4 is 0 Å². The Kier molecular flexibility index (Phi) is 4.14. The Morgan fingerprint density at radius 1 is 1.31 bits per heavy atom. The van der Waals surface area contributed by atoms with Crippen LogP contribution in [0.4, 0.5) is 0 Å². The number of nitriles is 1. The molecule has 0 amide bonds. The van der Waals surface area contributed by atoms with Gasteiger partial charge < -0.3 is 4.43 Å². The topological polar surface area (TPSA) is 33.0 Å². The molecule has 0 aromatic carbocycles. The molecule has 0 aliphatic carbocycles. The van der Waals surface area contributed by atoms with E-state index in [1.807, 2.05) is 0 Å². The Morgan fingerprint density at radius 3 is 2.00 bits per heavy atom. The third kappa shape index (κ3) is 5.84. The fourth-order valence-corrected chi connectivity index (χ4v) is 2.32. The molecule has 0 aliphatic heterocycles. The van der Waals surface area contributed by atoms with E-state index in [9.17, 15) is 0 Å². The first-order valence-corrected chi connectivity index (χ1v) is 8.12. The fourth-order valence-electron chi connectivity index (χ4n) is 1.03. The molecule has 0 spiro atoms. The van der Waals surface area contributed by atoms with Gasteiger partial charge in [0.15, 0.2) is 8.32 Å². The van der Waals surface area contributed by atoms with Gasteiger partial charge in [-0.25, -0.2) is 0 Å². The van der Waals surface area contributed by atoms with Crippen molar-refractivity contribution in [1.82, 2.24) is 0 Å². The Labute approximate surface area is 83.0 Å². The van der Waals surface area contributed by atoms with Crippen molar-refractivity contribution in [1.29, 1.82) is 5.26 Å². The minimum atomic E-state index is -1.52. The molecular formula is C10H21NOSi. The van der Waals surface area contributed by atoms with Crippen molar-refractivity contribution in [2.75, 3.05) is 0 Å². The van der Waals surface area contributed by atoms with Gasteiger partial charge in [-0.05, 0) is 25.1 Å². The van der Waals surface area contributed by atoms with Gasteiger partial charge in [-0.3, -0.25) is 0 Å². The summed E-state index contributed by atoms with van der Waals surface area (Å²) in [5, 5.41) is 8.68. The second kappa shape index (κ2) is 4.25. The summed E-state index contributed by atoms with van der Waals surface area (Å²) in [6.45, 7) is 12.8. The molecule has 13 heavy (non-hydrogen) atoms. The van der Waals surface area contributed by atoms with Crippen LogP contribution in [0.15, 0.2) is 0 Å². The van der Waals surface area contributed by atoms with Crippen molar-refractivity contribution in [3.63, 3.8) is 0 Å². The van der Waals surface area contributed by atoms with E-state index in [2.05, 4.69) is 46.5 Å². The Hall–Kier alpha value is -0.333. The number of rotatable bonds is 3. The third-order valence-electron chi connectivity index (χ3n) is 1.74. The van der Waals surface area contributed by atoms with E-state index in [0.29, 0.717) is 6.42 Å². The van der Waals surface area contributed by atoms with E-state index in [1.54, 1.807) is 0 Å². The van der Waals surface area contributed by atoms with Crippen LogP contribution in [-0.4, -0.2) is 14.4 Å². The van der Waals surface area contributed by atoms with Crippen LogP contribution in [0.2, 0.25) is 19.6 Å². The van der Waals surface area contributed by atoms with E-state index in [4.69, 9.17) is 9.69 Å². The summed E-state index contributed by atoms with van der Waals surface area (Å²) < 4.78 is 5.96. The minimum absolute atomic E-state index is 0.0655. The van der Waals surface area contributed by atoms with Gasteiger partial charge in [-0.15, -0.1) is 0 Å². The lowest BCUT2D eigenvalue weighted by molar-refractivity contribution is 0.0840. The third-order valence-corrected chi connectivity index (χ3v) is 2.73. The van der Waals surface area contributed by atoms with E-state index in [-0.39, 0.29) is 11.5 Å². The Morgan fingerprint density at radius 2 is 1.77 bits per heavy atom. The van der Waals surface area contributed by atoms with Crippen molar-refractivity contribution in [3.05, 3.63) is 0 Å². The van der Waals surface area contributed by atoms with Crippen LogP contribution in [-0.2, 0) is 4.43 Å². The largest absolute Gasteiger partial charge is 0.413 e. The van der Waals surface area contributed by atoms with Gasteiger partial charge in [-0.1, -0.05) is 20.8 Å². The number of hydrogen-bond donors (Lipinski definition) is 0. The summed E-state index contributed by atoms with van der Waals surface area (Å²) in [5.74, 6) is 0. The van der Waals surface area contributed by atoms with Gasteiger partial charge in [-0.2, -0.15) is 5.26 Å². The Bertz CT molecular complexity index is 194. The molecule has 0 heterocycles. The second-order valence-electron chi connectivity index (χ2n) is 5.45. The zero-order valence-electron chi connectivity index (χ0n) is 9.64. The highest BCUT2D eigenvalue weighted by Crippen LogP contribution is 2.27. The summed E-state index contributed by atoms with van der Waals surface area (Å²) in [4.78, 5) is 0. The van der Waals surface area contributed by atoms with Gasteiger partial charge >= 0.3 is 0 Å². The highest BCUT2D eigenvalue weighted by molar-refractivity contribution is 6.69. The lowest BCUT2D eigenvalue weighted by Gasteiger charge is -2.34. The quantitative estimate of drug-likeness (QED) is 0.654. The average molecular weight is 199 g/mol. The molecule has 0 radical (unpaired) electrons. The van der Waals surface area contributed by atoms with Gasteiger partial charge in [0.25, 0.3) is 0 Å². The van der Waals surface area contributed by atoms with Gasteiger partial charge in [0.1, 0.15) is 0 Å². The molecule has 0 N–H and O–H groups in total. The smallest absolute Gasteiger partial charge is 0.184 e. The highest BCUT2D eigenvalue weighted by atomic mass is 28.4. The predicted molar refractivity (Wildman–Crippen MR) is 57.9 cm³/mol. The van der Waals surface area contributed by atoms with E-state index in [0.717, 1.165) is 0 Å². The Balaban J connectivity index is 4.38. The van der Waals surface area contributed by atoms with E-state index >= 15 is 0 Å². The number of nitrogens with zero attached hydrogens (tertiary/aromatic N) is 1. The number of hydrogen-bond acceptors (Lipinski definition) is 2. The van der Waals surface area contributed by atoms with Crippen molar-refractivity contribution in [2.24, 2.45) is 5.41 Å². The lowest BCUT2D eigenvalue weighted by Crippen LogP contribution is -2.39. The molecule has 0 aliphatic rings. The van der Waals surface area contributed by atoms with Crippen molar-refractivity contribution in [3.8, 4) is 6.07 Å². The molecular weight excluding hydrogens is 178 g/mol. The van der Waals surface area contributed by atoms with E-state index < -0.39 is 8.32 Å². The predicted octanol–water partition coefficient (Wildman–Crippen LogP) is 3.17. The van der Waals surface area contributed by atoms with Crippen LogP contribution in [0.25, 0.3) is 0 Å². The first kappa shape index (κ1) is 12.7. The first-order valence-electron chi connectivity index (χ1n) is 4.71. The van der Waals surface area contributed by atoms with Crippen molar-refractivity contribution >= 4 is 8.32 Å². The standard InChI is InChI=1S/C10H21NOSi/c1-10(2,3)9(7-8-11)12-13(4,5)6/h9H,7H2,1-6H3. The lowest BCUT2D eigenvalue weighted by atomic mass is 9.88. The summed E-state index contributed by atoms with van der Waals surface area (Å²) in [6, 6.07) is 2.19. The van der Waals surface area contributed by atoms with E-state index in [1.165, 1.54) is 0 Å². The molecule has 76 valence electrons. The molecule has 0 saturated heterocycles. The molecule has 1 atom stereocenters. The van der Waals surface area contributed by atoms with Crippen LogP contribution >= 0.6 is 0 Å². The normalized spacial score (nSPS) is 15.2. The summed E-state index contributed by atoms with van der Waals surface area (Å²) in [6.07, 6.45) is 0.567. The molecule has 0 aromatic heterocycles. The van der Waals surface area contributed by atoms with Crippen molar-refractivity contribution in [2.45, 2.75) is 52.9 Å². The van der Waals surface area contributed by atoms with Gasteiger partial charge in [0.05, 0.1) is 18.6 Å². The SMILES string of the molecule is CC(C)(C)C(CC#N)O[Si](C)(C)C. The zero-order valence-corrected chi connectivity index (χ0v) is 10.6. The van der Waals surface area contributed by atoms with Gasteiger partial charge in [0.2, 0.25) is 0 Å². The molecule has 0 saturated carbocycles. The molecule has 0 aromatic rings. The van der Waals surface area contributed by atoms with Crippen LogP contribution in [0.1, 0.15) is 27.2 Å². The fraction of sp³-hybridized carbons (Fsp3) is 0.900. The molecule has 0 rings (SSSR count). The van der Waals surface area contributed by atoms with Gasteiger partial charge in [0, 0.05) is 0 Å². The summed E-state index contributed by atoms with van der Waals surface area (Å²) in [7, 11) is -1.52. The second-order valence-corrected chi connectivity index (χ2v) is 9.91.